The molecule has 0 unspecified atom stereocenters. The van der Waals surface area contributed by atoms with Gasteiger partial charge in [0.1, 0.15) is 0 Å². The molecule has 0 spiro atoms. The number of carbonyl (C=O) groups excluding carboxylic acids is 1. The van der Waals surface area contributed by atoms with Crippen LogP contribution in [0.3, 0.4) is 0 Å². The first-order valence-corrected chi connectivity index (χ1v) is 6.44. The van der Waals surface area contributed by atoms with Crippen LogP contribution in [-0.4, -0.2) is 23.5 Å². The first-order valence-electron chi connectivity index (χ1n) is 6.06. The molecule has 1 aromatic rings. The Balaban J connectivity index is 2.40. The Morgan fingerprint density at radius 2 is 1.80 bits per heavy atom. The van der Waals surface area contributed by atoms with Crippen LogP contribution in [0.5, 0.6) is 0 Å². The maximum Gasteiger partial charge on any atom is 0.303 e. The third-order valence-corrected chi connectivity index (χ3v) is 2.92. The maximum atomic E-state index is 13.0. The molecule has 110 valence electrons. The largest absolute Gasteiger partial charge is 0.481 e. The fourth-order valence-electron chi connectivity index (χ4n) is 1.57. The number of hydrogen-bond donors (Lipinski definition) is 2. The van der Waals surface area contributed by atoms with Gasteiger partial charge in [0.2, 0.25) is 0 Å². The second-order valence-electron chi connectivity index (χ2n) is 4.21. The van der Waals surface area contributed by atoms with Crippen LogP contribution >= 0.6 is 11.6 Å². The van der Waals surface area contributed by atoms with E-state index in [2.05, 4.69) is 5.32 Å². The number of carboxylic acid groups (broad SMARTS) is 1. The molecule has 0 aliphatic carbocycles. The predicted octanol–water partition coefficient (Wildman–Crippen LogP) is 2.99. The normalized spacial score (nSPS) is 10.3. The molecule has 0 fully saturated rings. The second kappa shape index (κ2) is 7.79. The number of benzene rings is 1. The zero-order valence-electron chi connectivity index (χ0n) is 10.6. The van der Waals surface area contributed by atoms with Crippen molar-refractivity contribution in [1.29, 1.82) is 0 Å². The van der Waals surface area contributed by atoms with Gasteiger partial charge in [-0.25, -0.2) is 8.78 Å². The second-order valence-corrected chi connectivity index (χ2v) is 4.61. The van der Waals surface area contributed by atoms with E-state index in [0.717, 1.165) is 12.1 Å². The Labute approximate surface area is 119 Å². The number of unbranched alkanes of at least 4 members (excludes halogenated alkanes) is 2. The third kappa shape index (κ3) is 5.13. The maximum absolute atomic E-state index is 13.0. The summed E-state index contributed by atoms with van der Waals surface area (Å²) in [7, 11) is 0. The minimum Gasteiger partial charge on any atom is -0.481 e. The minimum absolute atomic E-state index is 0.0863. The van der Waals surface area contributed by atoms with Crippen LogP contribution in [0, 0.1) is 11.6 Å². The first-order chi connectivity index (χ1) is 9.41. The van der Waals surface area contributed by atoms with E-state index in [9.17, 15) is 18.4 Å². The summed E-state index contributed by atoms with van der Waals surface area (Å²) in [5.41, 5.74) is -0.129. The Bertz CT molecular complexity index is 509. The Morgan fingerprint density at radius 1 is 1.15 bits per heavy atom. The average molecular weight is 306 g/mol. The lowest BCUT2D eigenvalue weighted by Gasteiger charge is -2.07. The van der Waals surface area contributed by atoms with E-state index in [4.69, 9.17) is 16.7 Å². The standard InChI is InChI=1S/C13H14ClF2NO3/c14-9-7-11(16)10(15)6-8(9)13(20)17-5-3-1-2-4-12(18)19/h6-7H,1-5H2,(H,17,20)(H,18,19). The van der Waals surface area contributed by atoms with Crippen LogP contribution in [0.25, 0.3) is 0 Å². The summed E-state index contributed by atoms with van der Waals surface area (Å²) in [6.45, 7) is 0.313. The van der Waals surface area contributed by atoms with E-state index in [1.54, 1.807) is 0 Å². The monoisotopic (exact) mass is 305 g/mol. The highest BCUT2D eigenvalue weighted by Crippen LogP contribution is 2.19. The fourth-order valence-corrected chi connectivity index (χ4v) is 1.81. The fraction of sp³-hybridized carbons (Fsp3) is 0.385. The zero-order valence-corrected chi connectivity index (χ0v) is 11.3. The molecule has 0 radical (unpaired) electrons. The van der Waals surface area contributed by atoms with Gasteiger partial charge >= 0.3 is 5.97 Å². The van der Waals surface area contributed by atoms with Gasteiger partial charge in [-0.2, -0.15) is 0 Å². The SMILES string of the molecule is O=C(O)CCCCCNC(=O)c1cc(F)c(F)cc1Cl. The van der Waals surface area contributed by atoms with Crippen molar-refractivity contribution in [3.8, 4) is 0 Å². The molecule has 1 rings (SSSR count). The summed E-state index contributed by atoms with van der Waals surface area (Å²) in [6, 6.07) is 1.50. The summed E-state index contributed by atoms with van der Waals surface area (Å²) >= 11 is 5.66. The lowest BCUT2D eigenvalue weighted by atomic mass is 10.1. The summed E-state index contributed by atoms with van der Waals surface area (Å²) in [6.07, 6.45) is 1.86. The van der Waals surface area contributed by atoms with Gasteiger partial charge in [0, 0.05) is 13.0 Å². The van der Waals surface area contributed by atoms with Crippen molar-refractivity contribution in [2.45, 2.75) is 25.7 Å². The molecule has 0 aliphatic heterocycles. The smallest absolute Gasteiger partial charge is 0.303 e. The lowest BCUT2D eigenvalue weighted by Crippen LogP contribution is -2.25. The molecule has 0 saturated carbocycles. The molecule has 0 bridgehead atoms. The molecule has 4 nitrogen and oxygen atoms in total. The molecular formula is C13H14ClF2NO3. The van der Waals surface area contributed by atoms with E-state index < -0.39 is 23.5 Å². The van der Waals surface area contributed by atoms with Crippen LogP contribution in [0.4, 0.5) is 8.78 Å². The van der Waals surface area contributed by atoms with Crippen molar-refractivity contribution in [3.63, 3.8) is 0 Å². The molecule has 7 heteroatoms. The van der Waals surface area contributed by atoms with Crippen LogP contribution in [0.15, 0.2) is 12.1 Å². The number of amides is 1. The van der Waals surface area contributed by atoms with E-state index in [0.29, 0.717) is 25.8 Å². The topological polar surface area (TPSA) is 66.4 Å². The molecule has 0 aliphatic rings. The van der Waals surface area contributed by atoms with Crippen molar-refractivity contribution < 1.29 is 23.5 Å². The number of nitrogens with one attached hydrogen (secondary N) is 1. The van der Waals surface area contributed by atoms with Crippen LogP contribution in [0.1, 0.15) is 36.0 Å². The van der Waals surface area contributed by atoms with E-state index in [1.807, 2.05) is 0 Å². The highest BCUT2D eigenvalue weighted by Gasteiger charge is 2.14. The van der Waals surface area contributed by atoms with Gasteiger partial charge in [-0.1, -0.05) is 18.0 Å². The Hall–Kier alpha value is -1.69. The molecule has 1 amide bonds. The molecular weight excluding hydrogens is 292 g/mol. The highest BCUT2D eigenvalue weighted by molar-refractivity contribution is 6.33. The number of halogens is 3. The van der Waals surface area contributed by atoms with E-state index >= 15 is 0 Å². The van der Waals surface area contributed by atoms with E-state index in [-0.39, 0.29) is 17.0 Å². The third-order valence-electron chi connectivity index (χ3n) is 2.61. The van der Waals surface area contributed by atoms with Gasteiger partial charge in [0.25, 0.3) is 5.91 Å². The number of carboxylic acids is 1. The summed E-state index contributed by atoms with van der Waals surface area (Å²) < 4.78 is 25.9. The van der Waals surface area contributed by atoms with Gasteiger partial charge in [-0.05, 0) is 25.0 Å². The first kappa shape index (κ1) is 16.4. The molecule has 0 aromatic heterocycles. The number of aliphatic carboxylic acids is 1. The van der Waals surface area contributed by atoms with Crippen LogP contribution in [0.2, 0.25) is 5.02 Å². The van der Waals surface area contributed by atoms with Crippen LogP contribution in [-0.2, 0) is 4.79 Å². The van der Waals surface area contributed by atoms with Crippen molar-refractivity contribution in [3.05, 3.63) is 34.4 Å². The Kier molecular flexibility index (Phi) is 6.38. The van der Waals surface area contributed by atoms with Crippen LogP contribution < -0.4 is 5.32 Å². The summed E-state index contributed by atoms with van der Waals surface area (Å²) in [4.78, 5) is 22.0. The molecule has 20 heavy (non-hydrogen) atoms. The molecule has 0 saturated heterocycles. The van der Waals surface area contributed by atoms with Gasteiger partial charge in [0.15, 0.2) is 11.6 Å². The number of rotatable bonds is 7. The van der Waals surface area contributed by atoms with Crippen molar-refractivity contribution in [1.82, 2.24) is 5.32 Å². The van der Waals surface area contributed by atoms with Crippen molar-refractivity contribution >= 4 is 23.5 Å². The summed E-state index contributed by atoms with van der Waals surface area (Å²) in [5.74, 6) is -3.70. The average Bonchev–Trinajstić information content (AvgIpc) is 2.37. The quantitative estimate of drug-likeness (QED) is 0.601. The predicted molar refractivity (Wildman–Crippen MR) is 69.8 cm³/mol. The Morgan fingerprint density at radius 3 is 2.45 bits per heavy atom. The lowest BCUT2D eigenvalue weighted by molar-refractivity contribution is -0.137. The highest BCUT2D eigenvalue weighted by atomic mass is 35.5. The van der Waals surface area contributed by atoms with Crippen molar-refractivity contribution in [2.75, 3.05) is 6.54 Å². The van der Waals surface area contributed by atoms with Gasteiger partial charge in [-0.15, -0.1) is 0 Å². The summed E-state index contributed by atoms with van der Waals surface area (Å²) in [5, 5.41) is 10.8. The zero-order chi connectivity index (χ0) is 15.1. The molecule has 0 heterocycles. The molecule has 0 atom stereocenters. The minimum atomic E-state index is -1.14. The number of hydrogen-bond acceptors (Lipinski definition) is 2. The molecule has 1 aromatic carbocycles. The van der Waals surface area contributed by atoms with Gasteiger partial charge in [0.05, 0.1) is 10.6 Å². The van der Waals surface area contributed by atoms with Gasteiger partial charge < -0.3 is 10.4 Å². The number of carbonyl (C=O) groups is 2. The van der Waals surface area contributed by atoms with Crippen molar-refractivity contribution in [2.24, 2.45) is 0 Å². The van der Waals surface area contributed by atoms with Gasteiger partial charge in [-0.3, -0.25) is 9.59 Å². The van der Waals surface area contributed by atoms with E-state index in [1.165, 1.54) is 0 Å². The molecule has 2 N–H and O–H groups in total.